The molecule has 2 heterocycles. The Morgan fingerprint density at radius 3 is 2.12 bits per heavy atom. The molecule has 2 aromatic carbocycles. The van der Waals surface area contributed by atoms with Gasteiger partial charge >= 0.3 is 0 Å². The summed E-state index contributed by atoms with van der Waals surface area (Å²) in [4.78, 5) is 52.7. The molecule has 0 aliphatic carbocycles. The number of carbonyl (C=O) groups is 4. The van der Waals surface area contributed by atoms with Gasteiger partial charge in [0.1, 0.15) is 6.54 Å². The Hall–Kier alpha value is -3.48. The summed E-state index contributed by atoms with van der Waals surface area (Å²) in [6.07, 6.45) is 2.50. The Bertz CT molecular complexity index is 1000. The van der Waals surface area contributed by atoms with E-state index in [1.165, 1.54) is 5.56 Å². The number of hydrogen-bond donors (Lipinski definition) is 1. The van der Waals surface area contributed by atoms with Crippen molar-refractivity contribution in [2.75, 3.05) is 19.6 Å². The lowest BCUT2D eigenvalue weighted by Crippen LogP contribution is -2.49. The Kier molecular flexibility index (Phi) is 6.35. The number of nitrogens with zero attached hydrogens (tertiary/aromatic N) is 2. The second kappa shape index (κ2) is 9.34. The Labute approximate surface area is 187 Å². The van der Waals surface area contributed by atoms with Gasteiger partial charge in [-0.2, -0.15) is 0 Å². The molecule has 0 radical (unpaired) electrons. The van der Waals surface area contributed by atoms with Gasteiger partial charge < -0.3 is 10.2 Å². The van der Waals surface area contributed by atoms with E-state index < -0.39 is 11.8 Å². The maximum atomic E-state index is 12.5. The van der Waals surface area contributed by atoms with E-state index in [1.807, 2.05) is 11.8 Å². The van der Waals surface area contributed by atoms with Crippen molar-refractivity contribution in [3.63, 3.8) is 0 Å². The van der Waals surface area contributed by atoms with Crippen LogP contribution < -0.4 is 5.32 Å². The minimum absolute atomic E-state index is 0.0705. The summed E-state index contributed by atoms with van der Waals surface area (Å²) in [5, 5.41) is 2.91. The van der Waals surface area contributed by atoms with Crippen LogP contribution in [0.1, 0.15) is 51.1 Å². The first kappa shape index (κ1) is 21.7. The van der Waals surface area contributed by atoms with Crippen LogP contribution in [-0.2, 0) is 16.0 Å². The molecule has 7 heteroatoms. The van der Waals surface area contributed by atoms with Crippen molar-refractivity contribution in [3.05, 3.63) is 70.8 Å². The minimum atomic E-state index is -0.435. The van der Waals surface area contributed by atoms with Crippen LogP contribution in [0.4, 0.5) is 0 Å². The number of carbonyl (C=O) groups excluding carboxylic acids is 4. The summed E-state index contributed by atoms with van der Waals surface area (Å²) in [5.41, 5.74) is 3.02. The fraction of sp³-hybridized carbons (Fsp3) is 0.360. The van der Waals surface area contributed by atoms with E-state index >= 15 is 0 Å². The van der Waals surface area contributed by atoms with Crippen molar-refractivity contribution >= 4 is 23.6 Å². The third-order valence-corrected chi connectivity index (χ3v) is 6.14. The smallest absolute Gasteiger partial charge is 0.262 e. The number of rotatable bonds is 6. The number of piperidine rings is 1. The van der Waals surface area contributed by atoms with Gasteiger partial charge in [-0.1, -0.05) is 42.0 Å². The lowest BCUT2D eigenvalue weighted by atomic mass is 10.0. The number of hydrogen-bond acceptors (Lipinski definition) is 4. The van der Waals surface area contributed by atoms with E-state index in [0.29, 0.717) is 43.5 Å². The van der Waals surface area contributed by atoms with Crippen LogP contribution in [0, 0.1) is 6.92 Å². The predicted molar refractivity (Wildman–Crippen MR) is 119 cm³/mol. The third-order valence-electron chi connectivity index (χ3n) is 6.14. The summed E-state index contributed by atoms with van der Waals surface area (Å²) < 4.78 is 0. The van der Waals surface area contributed by atoms with Crippen molar-refractivity contribution in [2.24, 2.45) is 0 Å². The molecular formula is C25H27N3O4. The van der Waals surface area contributed by atoms with Gasteiger partial charge in [-0.3, -0.25) is 24.1 Å². The standard InChI is InChI=1S/C25H27N3O4/c1-17-6-8-18(9-7-17)10-11-23(30)27-14-12-19(13-15-27)26-22(29)16-28-24(31)20-4-2-3-5-21(20)25(28)32/h2-9,19H,10-16H2,1H3,(H,26,29). The van der Waals surface area contributed by atoms with Crippen LogP contribution in [-0.4, -0.2) is 59.1 Å². The lowest BCUT2D eigenvalue weighted by Gasteiger charge is -2.32. The van der Waals surface area contributed by atoms with Gasteiger partial charge in [0.2, 0.25) is 11.8 Å². The highest BCUT2D eigenvalue weighted by Gasteiger charge is 2.36. The fourth-order valence-corrected chi connectivity index (χ4v) is 4.24. The molecule has 1 N–H and O–H groups in total. The molecule has 32 heavy (non-hydrogen) atoms. The highest BCUT2D eigenvalue weighted by molar-refractivity contribution is 6.22. The molecule has 1 saturated heterocycles. The van der Waals surface area contributed by atoms with E-state index in [0.717, 1.165) is 16.9 Å². The van der Waals surface area contributed by atoms with E-state index in [-0.39, 0.29) is 24.4 Å². The first-order valence-corrected chi connectivity index (χ1v) is 11.0. The molecule has 0 unspecified atom stereocenters. The molecule has 4 rings (SSSR count). The average Bonchev–Trinajstić information content (AvgIpc) is 3.04. The molecule has 0 atom stereocenters. The first-order valence-electron chi connectivity index (χ1n) is 11.0. The number of imide groups is 1. The van der Waals surface area contributed by atoms with Crippen LogP contribution in [0.3, 0.4) is 0 Å². The number of benzene rings is 2. The zero-order chi connectivity index (χ0) is 22.7. The number of aryl methyl sites for hydroxylation is 2. The largest absolute Gasteiger partial charge is 0.352 e. The van der Waals surface area contributed by atoms with E-state index in [2.05, 4.69) is 29.6 Å². The maximum absolute atomic E-state index is 12.5. The zero-order valence-corrected chi connectivity index (χ0v) is 18.2. The number of fused-ring (bicyclic) bond motifs is 1. The Balaban J connectivity index is 1.21. The van der Waals surface area contributed by atoms with Gasteiger partial charge in [0.15, 0.2) is 0 Å². The average molecular weight is 434 g/mol. The lowest BCUT2D eigenvalue weighted by molar-refractivity contribution is -0.132. The third kappa shape index (κ3) is 4.72. The van der Waals surface area contributed by atoms with Crippen LogP contribution in [0.5, 0.6) is 0 Å². The van der Waals surface area contributed by atoms with Crippen LogP contribution in [0.2, 0.25) is 0 Å². The molecule has 0 bridgehead atoms. The second-order valence-corrected chi connectivity index (χ2v) is 8.45. The van der Waals surface area contributed by atoms with Crippen molar-refractivity contribution in [3.8, 4) is 0 Å². The van der Waals surface area contributed by atoms with Crippen LogP contribution in [0.25, 0.3) is 0 Å². The zero-order valence-electron chi connectivity index (χ0n) is 18.2. The summed E-state index contributed by atoms with van der Waals surface area (Å²) in [7, 11) is 0. The molecule has 2 aromatic rings. The summed E-state index contributed by atoms with van der Waals surface area (Å²) >= 11 is 0. The molecule has 7 nitrogen and oxygen atoms in total. The molecule has 0 saturated carbocycles. The predicted octanol–water partition coefficient (Wildman–Crippen LogP) is 2.33. The van der Waals surface area contributed by atoms with Gasteiger partial charge in [0.05, 0.1) is 11.1 Å². The highest BCUT2D eigenvalue weighted by atomic mass is 16.2. The summed E-state index contributed by atoms with van der Waals surface area (Å²) in [6, 6.07) is 14.7. The van der Waals surface area contributed by atoms with Crippen molar-refractivity contribution in [1.29, 1.82) is 0 Å². The molecule has 2 aliphatic heterocycles. The Morgan fingerprint density at radius 2 is 1.53 bits per heavy atom. The topological polar surface area (TPSA) is 86.8 Å². The number of likely N-dealkylation sites (tertiary alicyclic amines) is 1. The number of nitrogens with one attached hydrogen (secondary N) is 1. The van der Waals surface area contributed by atoms with Crippen LogP contribution in [0.15, 0.2) is 48.5 Å². The van der Waals surface area contributed by atoms with E-state index in [1.54, 1.807) is 24.3 Å². The van der Waals surface area contributed by atoms with Crippen molar-refractivity contribution in [1.82, 2.24) is 15.1 Å². The van der Waals surface area contributed by atoms with E-state index in [4.69, 9.17) is 0 Å². The fourth-order valence-electron chi connectivity index (χ4n) is 4.24. The Morgan fingerprint density at radius 1 is 0.938 bits per heavy atom. The summed E-state index contributed by atoms with van der Waals surface area (Å²) in [6.45, 7) is 2.93. The SMILES string of the molecule is Cc1ccc(CCC(=O)N2CCC(NC(=O)CN3C(=O)c4ccccc4C3=O)CC2)cc1. The number of amides is 4. The highest BCUT2D eigenvalue weighted by Crippen LogP contribution is 2.22. The van der Waals surface area contributed by atoms with Gasteiger partial charge in [0, 0.05) is 25.6 Å². The molecule has 2 aliphatic rings. The molecular weight excluding hydrogens is 406 g/mol. The van der Waals surface area contributed by atoms with Gasteiger partial charge in [-0.25, -0.2) is 0 Å². The summed E-state index contributed by atoms with van der Waals surface area (Å²) in [5.74, 6) is -1.10. The quantitative estimate of drug-likeness (QED) is 0.709. The van der Waals surface area contributed by atoms with Gasteiger partial charge in [-0.05, 0) is 43.9 Å². The maximum Gasteiger partial charge on any atom is 0.262 e. The van der Waals surface area contributed by atoms with E-state index in [9.17, 15) is 19.2 Å². The molecule has 0 spiro atoms. The normalized spacial score (nSPS) is 16.3. The van der Waals surface area contributed by atoms with Crippen LogP contribution >= 0.6 is 0 Å². The molecule has 4 amide bonds. The molecule has 166 valence electrons. The molecule has 0 aromatic heterocycles. The molecule has 1 fully saturated rings. The second-order valence-electron chi connectivity index (χ2n) is 8.45. The van der Waals surface area contributed by atoms with Gasteiger partial charge in [-0.15, -0.1) is 0 Å². The monoisotopic (exact) mass is 433 g/mol. The van der Waals surface area contributed by atoms with Gasteiger partial charge in [0.25, 0.3) is 11.8 Å². The van der Waals surface area contributed by atoms with Crippen molar-refractivity contribution < 1.29 is 19.2 Å². The van der Waals surface area contributed by atoms with Crippen molar-refractivity contribution in [2.45, 2.75) is 38.6 Å². The minimum Gasteiger partial charge on any atom is -0.352 e. The first-order chi connectivity index (χ1) is 15.4.